The molecule has 0 unspecified atom stereocenters. The number of esters is 1. The Kier molecular flexibility index (Phi) is 9.77. The van der Waals surface area contributed by atoms with Crippen LogP contribution in [0.1, 0.15) is 30.1 Å². The van der Waals surface area contributed by atoms with Crippen LogP contribution in [0.25, 0.3) is 0 Å². The molecule has 7 N–H and O–H groups in total. The Balaban J connectivity index is 0.000000258. The van der Waals surface area contributed by atoms with Crippen molar-refractivity contribution in [2.45, 2.75) is 19.8 Å². The molecule has 0 aliphatic heterocycles. The summed E-state index contributed by atoms with van der Waals surface area (Å²) in [6.45, 7) is 2.93. The Morgan fingerprint density at radius 1 is 0.971 bits per heavy atom. The Hall–Kier alpha value is -3.92. The molecule has 7 nitrogen and oxygen atoms in total. The molecule has 188 valence electrons. The average molecular weight is 492 g/mol. The molecule has 10 heteroatoms. The van der Waals surface area contributed by atoms with Crippen molar-refractivity contribution in [1.29, 1.82) is 0 Å². The van der Waals surface area contributed by atoms with Gasteiger partial charge in [-0.2, -0.15) is 0 Å². The highest BCUT2D eigenvalue weighted by atomic mass is 19.1. The van der Waals surface area contributed by atoms with Crippen molar-refractivity contribution < 1.29 is 33.2 Å². The van der Waals surface area contributed by atoms with Crippen LogP contribution in [0.2, 0.25) is 0 Å². The van der Waals surface area contributed by atoms with Crippen molar-refractivity contribution in [3.63, 3.8) is 0 Å². The van der Waals surface area contributed by atoms with Gasteiger partial charge in [0.1, 0.15) is 17.3 Å². The predicted octanol–water partition coefficient (Wildman–Crippen LogP) is 4.29. The molecular formula is C25H30F3N4O3+. The molecule has 0 aliphatic rings. The number of nitrogen functional groups attached to an aromatic ring is 2. The first-order chi connectivity index (χ1) is 16.5. The minimum absolute atomic E-state index is 0.128. The van der Waals surface area contributed by atoms with E-state index in [0.29, 0.717) is 0 Å². The summed E-state index contributed by atoms with van der Waals surface area (Å²) in [4.78, 5) is 13.7. The highest BCUT2D eigenvalue weighted by Crippen LogP contribution is 2.26. The summed E-state index contributed by atoms with van der Waals surface area (Å²) in [5.74, 6) is -3.68. The fourth-order valence-electron chi connectivity index (χ4n) is 2.76. The van der Waals surface area contributed by atoms with E-state index in [0.717, 1.165) is 60.8 Å². The largest absolute Gasteiger partial charge is 0.487 e. The number of anilines is 3. The van der Waals surface area contributed by atoms with Crippen molar-refractivity contribution >= 4 is 28.7 Å². The molecule has 35 heavy (non-hydrogen) atoms. The normalized spacial score (nSPS) is 10.3. The second-order valence-electron chi connectivity index (χ2n) is 7.82. The first-order valence-electron chi connectivity index (χ1n) is 10.8. The van der Waals surface area contributed by atoms with Gasteiger partial charge in [0.2, 0.25) is 0 Å². The number of benzene rings is 3. The topological polar surface area (TPSA) is 118 Å². The summed E-state index contributed by atoms with van der Waals surface area (Å²) < 4.78 is 50.2. The summed E-state index contributed by atoms with van der Waals surface area (Å²) in [5.41, 5.74) is 15.5. The van der Waals surface area contributed by atoms with Gasteiger partial charge in [0.15, 0.2) is 23.1 Å². The van der Waals surface area contributed by atoms with Crippen LogP contribution in [0.5, 0.6) is 11.5 Å². The molecule has 3 rings (SSSR count). The van der Waals surface area contributed by atoms with E-state index in [1.807, 2.05) is 26.2 Å². The maximum absolute atomic E-state index is 13.5. The van der Waals surface area contributed by atoms with Crippen molar-refractivity contribution in [2.75, 3.05) is 37.1 Å². The molecule has 0 bridgehead atoms. The summed E-state index contributed by atoms with van der Waals surface area (Å²) in [6, 6.07) is 10.9. The average Bonchev–Trinajstić information content (AvgIpc) is 2.79. The minimum Gasteiger partial charge on any atom is -0.487 e. The van der Waals surface area contributed by atoms with Gasteiger partial charge in [-0.3, -0.25) is 0 Å². The lowest BCUT2D eigenvalue weighted by atomic mass is 10.2. The highest BCUT2D eigenvalue weighted by molar-refractivity contribution is 5.91. The lowest BCUT2D eigenvalue weighted by Crippen LogP contribution is -2.40. The van der Waals surface area contributed by atoms with Crippen LogP contribution in [-0.4, -0.2) is 26.7 Å². The molecule has 0 atom stereocenters. The predicted molar refractivity (Wildman–Crippen MR) is 130 cm³/mol. The standard InChI is InChI=1S/C13H9F3N2O2.C12H20N2O/c14-9-3-6(17)1-2-8(9)13(19)20-7-4-10(15)12(18)11(16)5-7;1-4-5-8-15-12-9-10(14(2)3)6-7-11(12)13/h1-5H,17-18H2;6-7,9H,4-5,8,13H2,1-3H3/p+1. The van der Waals surface area contributed by atoms with Crippen LogP contribution in [0.3, 0.4) is 0 Å². The number of unbranched alkanes of at least 4 members (excludes halogenated alkanes) is 1. The third kappa shape index (κ3) is 7.82. The number of halogens is 3. The number of quaternary nitrogens is 1. The molecule has 0 aliphatic carbocycles. The smallest absolute Gasteiger partial charge is 0.346 e. The van der Waals surface area contributed by atoms with Gasteiger partial charge < -0.3 is 31.6 Å². The Labute approximate surface area is 202 Å². The number of hydrogen-bond acceptors (Lipinski definition) is 6. The van der Waals surface area contributed by atoms with E-state index in [1.54, 1.807) is 0 Å². The maximum atomic E-state index is 13.5. The molecule has 0 heterocycles. The summed E-state index contributed by atoms with van der Waals surface area (Å²) in [6.07, 6.45) is 2.24. The van der Waals surface area contributed by atoms with E-state index < -0.39 is 40.4 Å². The van der Waals surface area contributed by atoms with E-state index in [4.69, 9.17) is 16.2 Å². The molecular weight excluding hydrogens is 461 g/mol. The number of nitrogens with two attached hydrogens (primary N) is 2. The zero-order valence-electron chi connectivity index (χ0n) is 19.9. The summed E-state index contributed by atoms with van der Waals surface area (Å²) >= 11 is 0. The van der Waals surface area contributed by atoms with Crippen LogP contribution in [0.15, 0.2) is 48.5 Å². The van der Waals surface area contributed by atoms with Crippen molar-refractivity contribution in [3.05, 3.63) is 71.5 Å². The van der Waals surface area contributed by atoms with E-state index in [9.17, 15) is 18.0 Å². The number of carbonyl (C=O) groups is 1. The maximum Gasteiger partial charge on any atom is 0.346 e. The molecule has 0 aromatic heterocycles. The van der Waals surface area contributed by atoms with Gasteiger partial charge in [-0.05, 0) is 30.7 Å². The van der Waals surface area contributed by atoms with Gasteiger partial charge in [0, 0.05) is 49.7 Å². The van der Waals surface area contributed by atoms with Gasteiger partial charge >= 0.3 is 5.97 Å². The molecule has 3 aromatic rings. The molecule has 0 fully saturated rings. The fourth-order valence-corrected chi connectivity index (χ4v) is 2.76. The van der Waals surface area contributed by atoms with Crippen molar-refractivity contribution in [3.8, 4) is 11.5 Å². The molecule has 3 aromatic carbocycles. The Morgan fingerprint density at radius 2 is 1.63 bits per heavy atom. The minimum atomic E-state index is -1.11. The number of nitrogens with zero attached hydrogens (tertiary/aromatic N) is 1. The van der Waals surface area contributed by atoms with Gasteiger partial charge in [0.05, 0.1) is 12.2 Å². The molecule has 0 saturated heterocycles. The fraction of sp³-hybridized carbons (Fsp3) is 0.240. The summed E-state index contributed by atoms with van der Waals surface area (Å²) in [7, 11) is 4.04. The van der Waals surface area contributed by atoms with E-state index in [1.165, 1.54) is 6.07 Å². The van der Waals surface area contributed by atoms with Crippen LogP contribution in [-0.2, 0) is 0 Å². The van der Waals surface area contributed by atoms with E-state index in [2.05, 4.69) is 28.4 Å². The summed E-state index contributed by atoms with van der Waals surface area (Å²) in [5, 5.41) is 0. The monoisotopic (exact) mass is 491 g/mol. The first kappa shape index (κ1) is 27.3. The third-order valence-corrected chi connectivity index (χ3v) is 4.80. The highest BCUT2D eigenvalue weighted by Gasteiger charge is 2.16. The Bertz CT molecular complexity index is 1150. The zero-order valence-corrected chi connectivity index (χ0v) is 19.9. The van der Waals surface area contributed by atoms with Crippen molar-refractivity contribution in [1.82, 2.24) is 0 Å². The third-order valence-electron chi connectivity index (χ3n) is 4.80. The van der Waals surface area contributed by atoms with Gasteiger partial charge in [0.25, 0.3) is 0 Å². The van der Waals surface area contributed by atoms with Gasteiger partial charge in [-0.15, -0.1) is 0 Å². The molecule has 0 spiro atoms. The lowest BCUT2D eigenvalue weighted by Gasteiger charge is -2.14. The number of hydrogen-bond donors (Lipinski definition) is 3. The van der Waals surface area contributed by atoms with Crippen LogP contribution < -0.4 is 31.6 Å². The quantitative estimate of drug-likeness (QED) is 0.196. The van der Waals surface area contributed by atoms with Crippen molar-refractivity contribution in [2.24, 2.45) is 0 Å². The lowest BCUT2D eigenvalue weighted by molar-refractivity contribution is -0.256. The van der Waals surface area contributed by atoms with Crippen LogP contribution >= 0.6 is 0 Å². The van der Waals surface area contributed by atoms with Crippen LogP contribution in [0.4, 0.5) is 35.9 Å². The first-order valence-corrected chi connectivity index (χ1v) is 10.8. The second-order valence-corrected chi connectivity index (χ2v) is 7.82. The Morgan fingerprint density at radius 3 is 2.20 bits per heavy atom. The zero-order chi connectivity index (χ0) is 26.1. The van der Waals surface area contributed by atoms with Crippen LogP contribution in [0, 0.1) is 17.5 Å². The molecule has 0 radical (unpaired) electrons. The van der Waals surface area contributed by atoms with Gasteiger partial charge in [-0.1, -0.05) is 13.3 Å². The number of ether oxygens (including phenoxy) is 2. The number of carbonyl (C=O) groups excluding carboxylic acids is 1. The molecule has 0 saturated carbocycles. The van der Waals surface area contributed by atoms with Gasteiger partial charge in [-0.25, -0.2) is 18.0 Å². The molecule has 0 amide bonds. The second kappa shape index (κ2) is 12.5. The SMILES string of the molecule is CCCCOc1cc(N(C)C)ccc1[NH3+].Nc1ccc(C(=O)Oc2cc(F)c(N)c(F)c2)c(F)c1. The van der Waals surface area contributed by atoms with E-state index in [-0.39, 0.29) is 5.69 Å². The number of rotatable bonds is 7. The van der Waals surface area contributed by atoms with E-state index >= 15 is 0 Å².